The molecule has 7 heteroatoms. The molecular weight excluding hydrogens is 368 g/mol. The van der Waals surface area contributed by atoms with Gasteiger partial charge < -0.3 is 14.6 Å². The summed E-state index contributed by atoms with van der Waals surface area (Å²) in [5.41, 5.74) is 6.62. The van der Waals surface area contributed by atoms with Gasteiger partial charge in [0, 0.05) is 34.4 Å². The molecule has 2 N–H and O–H groups in total. The van der Waals surface area contributed by atoms with E-state index in [0.29, 0.717) is 11.4 Å². The van der Waals surface area contributed by atoms with Crippen LogP contribution in [0.15, 0.2) is 65.8 Å². The first-order chi connectivity index (χ1) is 14.0. The molecule has 1 aromatic heterocycles. The van der Waals surface area contributed by atoms with Crippen LogP contribution in [-0.2, 0) is 9.59 Å². The lowest BCUT2D eigenvalue weighted by Crippen LogP contribution is -2.32. The van der Waals surface area contributed by atoms with E-state index in [2.05, 4.69) is 20.4 Å². The zero-order valence-electron chi connectivity index (χ0n) is 16.5. The minimum absolute atomic E-state index is 0.458. The highest BCUT2D eigenvalue weighted by atomic mass is 16.5. The molecule has 7 nitrogen and oxygen atoms in total. The van der Waals surface area contributed by atoms with Gasteiger partial charge in [-0.3, -0.25) is 9.59 Å². The fourth-order valence-electron chi connectivity index (χ4n) is 2.99. The van der Waals surface area contributed by atoms with Crippen molar-refractivity contribution in [2.24, 2.45) is 5.10 Å². The van der Waals surface area contributed by atoms with Crippen molar-refractivity contribution < 1.29 is 14.3 Å². The van der Waals surface area contributed by atoms with Crippen molar-refractivity contribution in [2.75, 3.05) is 12.4 Å². The molecule has 0 saturated carbocycles. The highest BCUT2D eigenvalue weighted by Gasteiger charge is 2.14. The summed E-state index contributed by atoms with van der Waals surface area (Å²) in [5, 5.41) is 6.43. The lowest BCUT2D eigenvalue weighted by atomic mass is 10.2. The second kappa shape index (κ2) is 8.88. The van der Waals surface area contributed by atoms with Crippen LogP contribution in [0.2, 0.25) is 0 Å². The average Bonchev–Trinajstić information content (AvgIpc) is 3.01. The Morgan fingerprint density at radius 1 is 1.00 bits per heavy atom. The normalized spacial score (nSPS) is 10.7. The molecule has 2 aromatic carbocycles. The van der Waals surface area contributed by atoms with E-state index >= 15 is 0 Å². The number of nitrogens with one attached hydrogen (secondary N) is 2. The number of rotatable bonds is 5. The van der Waals surface area contributed by atoms with Crippen molar-refractivity contribution in [1.82, 2.24) is 9.99 Å². The fourth-order valence-corrected chi connectivity index (χ4v) is 2.99. The van der Waals surface area contributed by atoms with Gasteiger partial charge in [-0.2, -0.15) is 5.10 Å². The van der Waals surface area contributed by atoms with E-state index in [1.165, 1.54) is 13.3 Å². The van der Waals surface area contributed by atoms with E-state index in [-0.39, 0.29) is 0 Å². The van der Waals surface area contributed by atoms with E-state index < -0.39 is 11.8 Å². The summed E-state index contributed by atoms with van der Waals surface area (Å²) in [5.74, 6) is -1.10. The number of carbonyl (C=O) groups excluding carboxylic acids is 2. The Kier molecular flexibility index (Phi) is 6.09. The number of hydrogen-bond donors (Lipinski definition) is 2. The molecule has 3 aromatic rings. The van der Waals surface area contributed by atoms with Crippen molar-refractivity contribution in [3.05, 3.63) is 77.6 Å². The second-order valence-electron chi connectivity index (χ2n) is 6.38. The monoisotopic (exact) mass is 390 g/mol. The van der Waals surface area contributed by atoms with E-state index in [1.54, 1.807) is 24.3 Å². The number of nitrogens with zero attached hydrogens (tertiary/aromatic N) is 2. The van der Waals surface area contributed by atoms with Crippen LogP contribution in [0.25, 0.3) is 5.69 Å². The van der Waals surface area contributed by atoms with Crippen LogP contribution in [-0.4, -0.2) is 29.7 Å². The third-order valence-electron chi connectivity index (χ3n) is 4.39. The number of aromatic nitrogens is 1. The molecule has 0 unspecified atom stereocenters. The minimum Gasteiger partial charge on any atom is -0.497 e. The molecule has 29 heavy (non-hydrogen) atoms. The summed E-state index contributed by atoms with van der Waals surface area (Å²) in [6.45, 7) is 3.97. The highest BCUT2D eigenvalue weighted by Crippen LogP contribution is 2.19. The van der Waals surface area contributed by atoms with Crippen LogP contribution in [0.1, 0.15) is 17.0 Å². The molecule has 0 fully saturated rings. The Bertz CT molecular complexity index is 1060. The van der Waals surface area contributed by atoms with Gasteiger partial charge in [-0.15, -0.1) is 0 Å². The predicted molar refractivity (Wildman–Crippen MR) is 113 cm³/mol. The topological polar surface area (TPSA) is 84.7 Å². The van der Waals surface area contributed by atoms with Crippen molar-refractivity contribution >= 4 is 23.7 Å². The molecular formula is C22H22N4O3. The number of carbonyl (C=O) groups is 2. The van der Waals surface area contributed by atoms with Crippen molar-refractivity contribution in [1.29, 1.82) is 0 Å². The van der Waals surface area contributed by atoms with E-state index in [4.69, 9.17) is 4.74 Å². The molecule has 0 radical (unpaired) electrons. The van der Waals surface area contributed by atoms with Crippen LogP contribution < -0.4 is 15.5 Å². The Morgan fingerprint density at radius 3 is 2.48 bits per heavy atom. The zero-order chi connectivity index (χ0) is 20.8. The van der Waals surface area contributed by atoms with E-state index in [0.717, 1.165) is 22.6 Å². The maximum absolute atomic E-state index is 12.0. The first-order valence-electron chi connectivity index (χ1n) is 9.02. The number of para-hydroxylation sites is 1. The van der Waals surface area contributed by atoms with Crippen LogP contribution in [0, 0.1) is 13.8 Å². The van der Waals surface area contributed by atoms with Gasteiger partial charge in [0.15, 0.2) is 0 Å². The zero-order valence-corrected chi connectivity index (χ0v) is 16.5. The Labute approximate surface area is 169 Å². The Morgan fingerprint density at radius 2 is 1.76 bits per heavy atom. The molecule has 0 atom stereocenters. The Hall–Kier alpha value is -3.87. The van der Waals surface area contributed by atoms with Crippen LogP contribution >= 0.6 is 0 Å². The largest absolute Gasteiger partial charge is 0.497 e. The summed E-state index contributed by atoms with van der Waals surface area (Å²) in [4.78, 5) is 24.0. The van der Waals surface area contributed by atoms with Crippen LogP contribution in [0.5, 0.6) is 5.75 Å². The number of hydrazone groups is 1. The van der Waals surface area contributed by atoms with E-state index in [9.17, 15) is 9.59 Å². The summed E-state index contributed by atoms with van der Waals surface area (Å²) >= 11 is 0. The summed E-state index contributed by atoms with van der Waals surface area (Å²) in [7, 11) is 1.52. The molecule has 3 rings (SSSR count). The van der Waals surface area contributed by atoms with Gasteiger partial charge in [0.1, 0.15) is 5.75 Å². The smallest absolute Gasteiger partial charge is 0.329 e. The number of methoxy groups -OCH3 is 1. The number of benzene rings is 2. The van der Waals surface area contributed by atoms with E-state index in [1.807, 2.05) is 50.2 Å². The molecule has 148 valence electrons. The molecule has 1 heterocycles. The maximum Gasteiger partial charge on any atom is 0.329 e. The lowest BCUT2D eigenvalue weighted by molar-refractivity contribution is -0.136. The summed E-state index contributed by atoms with van der Waals surface area (Å²) < 4.78 is 7.18. The number of aryl methyl sites for hydroxylation is 1. The average molecular weight is 390 g/mol. The quantitative estimate of drug-likeness (QED) is 0.399. The first-order valence-corrected chi connectivity index (χ1v) is 9.02. The maximum atomic E-state index is 12.0. The number of anilines is 1. The van der Waals surface area contributed by atoms with Crippen molar-refractivity contribution in [3.8, 4) is 11.4 Å². The van der Waals surface area contributed by atoms with Crippen LogP contribution in [0.4, 0.5) is 5.69 Å². The SMILES string of the molecule is COc1cccc(NC(=O)C(=O)N/N=C/c2cc(C)n(-c3ccccc3)c2C)c1. The molecule has 0 bridgehead atoms. The van der Waals surface area contributed by atoms with Crippen LogP contribution in [0.3, 0.4) is 0 Å². The molecule has 0 aliphatic rings. The standard InChI is InChI=1S/C22H22N4O3/c1-15-12-17(16(2)26(15)19-9-5-4-6-10-19)14-23-25-22(28)21(27)24-18-8-7-11-20(13-18)29-3/h4-14H,1-3H3,(H,24,27)(H,25,28)/b23-14+. The second-order valence-corrected chi connectivity index (χ2v) is 6.38. The lowest BCUT2D eigenvalue weighted by Gasteiger charge is -2.09. The third-order valence-corrected chi connectivity index (χ3v) is 4.39. The third kappa shape index (κ3) is 4.70. The molecule has 0 spiro atoms. The van der Waals surface area contributed by atoms with Gasteiger partial charge in [0.05, 0.1) is 13.3 Å². The molecule has 2 amide bonds. The van der Waals surface area contributed by atoms with Gasteiger partial charge >= 0.3 is 11.8 Å². The van der Waals surface area contributed by atoms with Gasteiger partial charge in [0.2, 0.25) is 0 Å². The van der Waals surface area contributed by atoms with Gasteiger partial charge in [0.25, 0.3) is 0 Å². The van der Waals surface area contributed by atoms with Gasteiger partial charge in [-0.25, -0.2) is 5.43 Å². The molecule has 0 aliphatic heterocycles. The number of ether oxygens (including phenoxy) is 1. The molecule has 0 saturated heterocycles. The van der Waals surface area contributed by atoms with Crippen molar-refractivity contribution in [3.63, 3.8) is 0 Å². The minimum atomic E-state index is -0.860. The number of amides is 2. The summed E-state index contributed by atoms with van der Waals surface area (Å²) in [6, 6.07) is 18.7. The molecule has 0 aliphatic carbocycles. The fraction of sp³-hybridized carbons (Fsp3) is 0.136. The first kappa shape index (κ1) is 19.9. The van der Waals surface area contributed by atoms with Gasteiger partial charge in [-0.05, 0) is 44.2 Å². The Balaban J connectivity index is 1.65. The predicted octanol–water partition coefficient (Wildman–Crippen LogP) is 3.19. The van der Waals surface area contributed by atoms with Gasteiger partial charge in [-0.1, -0.05) is 24.3 Å². The highest BCUT2D eigenvalue weighted by molar-refractivity contribution is 6.39. The van der Waals surface area contributed by atoms with Crippen molar-refractivity contribution in [2.45, 2.75) is 13.8 Å². The number of hydrogen-bond acceptors (Lipinski definition) is 4. The summed E-state index contributed by atoms with van der Waals surface area (Å²) in [6.07, 6.45) is 1.53.